The van der Waals surface area contributed by atoms with E-state index in [4.69, 9.17) is 10.8 Å². The monoisotopic (exact) mass is 298 g/mol. The molecule has 1 aromatic rings. The minimum Gasteiger partial charge on any atom is -0.478 e. The third kappa shape index (κ3) is 3.08. The largest absolute Gasteiger partial charge is 0.478 e. The van der Waals surface area contributed by atoms with E-state index in [0.717, 1.165) is 0 Å². The molecule has 0 aromatic heterocycles. The molecule has 0 aliphatic carbocycles. The molecule has 4 N–H and O–H groups in total. The quantitative estimate of drug-likeness (QED) is 0.691. The number of nitrogen functional groups attached to an aromatic ring is 1. The summed E-state index contributed by atoms with van der Waals surface area (Å²) in [6.45, 7) is 0. The van der Waals surface area contributed by atoms with Crippen molar-refractivity contribution in [3.05, 3.63) is 23.8 Å². The Hall–Kier alpha value is -2.09. The first kappa shape index (κ1) is 14.3. The number of aromatic carboxylic acids is 1. The van der Waals surface area contributed by atoms with E-state index in [1.807, 2.05) is 0 Å². The summed E-state index contributed by atoms with van der Waals surface area (Å²) >= 11 is 0. The number of carboxylic acid groups (broad SMARTS) is 1. The minimum absolute atomic E-state index is 0.0153. The first-order valence-corrected chi connectivity index (χ1v) is 7.75. The maximum Gasteiger partial charge on any atom is 0.337 e. The number of benzene rings is 1. The highest BCUT2D eigenvalue weighted by atomic mass is 32.2. The molecule has 20 heavy (non-hydrogen) atoms. The van der Waals surface area contributed by atoms with Gasteiger partial charge in [-0.3, -0.25) is 4.79 Å². The van der Waals surface area contributed by atoms with Gasteiger partial charge in [-0.1, -0.05) is 0 Å². The van der Waals surface area contributed by atoms with Crippen molar-refractivity contribution in [2.75, 3.05) is 22.6 Å². The Balaban J connectivity index is 2.18. The number of sulfone groups is 1. The van der Waals surface area contributed by atoms with Crippen LogP contribution in [0.4, 0.5) is 11.4 Å². The van der Waals surface area contributed by atoms with Crippen molar-refractivity contribution >= 4 is 33.1 Å². The van der Waals surface area contributed by atoms with Crippen LogP contribution in [0.15, 0.2) is 18.2 Å². The van der Waals surface area contributed by atoms with Crippen LogP contribution >= 0.6 is 0 Å². The van der Waals surface area contributed by atoms with Crippen molar-refractivity contribution in [3.8, 4) is 0 Å². The predicted molar refractivity (Wildman–Crippen MR) is 73.2 cm³/mol. The normalized spacial score (nSPS) is 20.5. The van der Waals surface area contributed by atoms with E-state index < -0.39 is 27.6 Å². The molecular weight excluding hydrogens is 284 g/mol. The van der Waals surface area contributed by atoms with Crippen LogP contribution in [0.1, 0.15) is 16.8 Å². The van der Waals surface area contributed by atoms with Crippen LogP contribution in [-0.4, -0.2) is 36.9 Å². The molecule has 1 aliphatic rings. The van der Waals surface area contributed by atoms with Crippen LogP contribution in [0.2, 0.25) is 0 Å². The molecule has 108 valence electrons. The van der Waals surface area contributed by atoms with E-state index in [2.05, 4.69) is 5.32 Å². The van der Waals surface area contributed by atoms with Gasteiger partial charge in [0.15, 0.2) is 9.84 Å². The SMILES string of the molecule is Nc1ccc(NC(=O)C2CCS(=O)(=O)C2)c(C(=O)O)c1. The van der Waals surface area contributed by atoms with E-state index in [1.54, 1.807) is 0 Å². The second-order valence-corrected chi connectivity index (χ2v) is 6.93. The average Bonchev–Trinajstić information content (AvgIpc) is 2.71. The highest BCUT2D eigenvalue weighted by molar-refractivity contribution is 7.91. The van der Waals surface area contributed by atoms with E-state index >= 15 is 0 Å². The standard InChI is InChI=1S/C12H14N2O5S/c13-8-1-2-10(9(5-8)12(16)17)14-11(15)7-3-4-20(18,19)6-7/h1-2,5,7H,3-4,6,13H2,(H,14,15)(H,16,17). The fourth-order valence-corrected chi connectivity index (χ4v) is 3.83. The lowest BCUT2D eigenvalue weighted by Crippen LogP contribution is -2.24. The summed E-state index contributed by atoms with van der Waals surface area (Å²) in [6, 6.07) is 4.09. The van der Waals surface area contributed by atoms with Gasteiger partial charge in [0.25, 0.3) is 0 Å². The van der Waals surface area contributed by atoms with Crippen molar-refractivity contribution in [3.63, 3.8) is 0 Å². The van der Waals surface area contributed by atoms with Gasteiger partial charge in [0.05, 0.1) is 28.7 Å². The first-order chi connectivity index (χ1) is 9.28. The minimum atomic E-state index is -3.16. The van der Waals surface area contributed by atoms with Gasteiger partial charge in [0.2, 0.25) is 5.91 Å². The molecule has 1 heterocycles. The highest BCUT2D eigenvalue weighted by Crippen LogP contribution is 2.23. The number of carbonyl (C=O) groups is 2. The predicted octanol–water partition coefficient (Wildman–Crippen LogP) is 0.340. The second-order valence-electron chi connectivity index (χ2n) is 4.70. The molecule has 7 nitrogen and oxygen atoms in total. The zero-order valence-corrected chi connectivity index (χ0v) is 11.3. The van der Waals surface area contributed by atoms with E-state index in [9.17, 15) is 18.0 Å². The lowest BCUT2D eigenvalue weighted by Gasteiger charge is -2.12. The number of hydrogen-bond donors (Lipinski definition) is 3. The van der Waals surface area contributed by atoms with Crippen LogP contribution in [0, 0.1) is 5.92 Å². The Morgan fingerprint density at radius 2 is 2.05 bits per heavy atom. The summed E-state index contributed by atoms with van der Waals surface area (Å²) in [4.78, 5) is 23.0. The summed E-state index contributed by atoms with van der Waals surface area (Å²) in [5.41, 5.74) is 5.75. The van der Waals surface area contributed by atoms with Crippen molar-refractivity contribution in [1.29, 1.82) is 0 Å². The number of hydrogen-bond acceptors (Lipinski definition) is 5. The van der Waals surface area contributed by atoms with Crippen molar-refractivity contribution in [2.24, 2.45) is 5.92 Å². The zero-order chi connectivity index (χ0) is 14.9. The van der Waals surface area contributed by atoms with Crippen LogP contribution in [0.3, 0.4) is 0 Å². The summed E-state index contributed by atoms with van der Waals surface area (Å²) in [5.74, 6) is -2.56. The van der Waals surface area contributed by atoms with Crippen LogP contribution in [0.5, 0.6) is 0 Å². The zero-order valence-electron chi connectivity index (χ0n) is 10.5. The Morgan fingerprint density at radius 1 is 1.35 bits per heavy atom. The topological polar surface area (TPSA) is 127 Å². The van der Waals surface area contributed by atoms with Crippen LogP contribution in [0.25, 0.3) is 0 Å². The summed E-state index contributed by atoms with van der Waals surface area (Å²) < 4.78 is 22.7. The number of anilines is 2. The maximum absolute atomic E-state index is 12.0. The van der Waals surface area contributed by atoms with Crippen molar-refractivity contribution in [1.82, 2.24) is 0 Å². The van der Waals surface area contributed by atoms with E-state index in [1.165, 1.54) is 18.2 Å². The number of carbonyl (C=O) groups excluding carboxylic acids is 1. The lowest BCUT2D eigenvalue weighted by atomic mass is 10.1. The Kier molecular flexibility index (Phi) is 3.67. The van der Waals surface area contributed by atoms with Gasteiger partial charge >= 0.3 is 5.97 Å². The number of rotatable bonds is 3. The second kappa shape index (κ2) is 5.12. The fourth-order valence-electron chi connectivity index (χ4n) is 2.08. The Morgan fingerprint density at radius 3 is 2.60 bits per heavy atom. The van der Waals surface area contributed by atoms with Gasteiger partial charge in [-0.25, -0.2) is 13.2 Å². The first-order valence-electron chi connectivity index (χ1n) is 5.92. The van der Waals surface area contributed by atoms with E-state index in [-0.39, 0.29) is 34.9 Å². The molecule has 1 amide bonds. The molecule has 2 rings (SSSR count). The van der Waals surface area contributed by atoms with Crippen LogP contribution < -0.4 is 11.1 Å². The number of amides is 1. The summed E-state index contributed by atoms with van der Waals surface area (Å²) in [6.07, 6.45) is 0.255. The molecule has 1 atom stereocenters. The molecule has 0 spiro atoms. The van der Waals surface area contributed by atoms with Gasteiger partial charge < -0.3 is 16.2 Å². The Bertz CT molecular complexity index is 668. The molecule has 1 saturated heterocycles. The molecule has 1 unspecified atom stereocenters. The lowest BCUT2D eigenvalue weighted by molar-refractivity contribution is -0.119. The van der Waals surface area contributed by atoms with Gasteiger partial charge in [-0.15, -0.1) is 0 Å². The van der Waals surface area contributed by atoms with Gasteiger partial charge in [-0.05, 0) is 24.6 Å². The van der Waals surface area contributed by atoms with Crippen LogP contribution in [-0.2, 0) is 14.6 Å². The Labute approximate surface area is 115 Å². The highest BCUT2D eigenvalue weighted by Gasteiger charge is 2.33. The summed E-state index contributed by atoms with van der Waals surface area (Å²) in [5, 5.41) is 11.5. The smallest absolute Gasteiger partial charge is 0.337 e. The average molecular weight is 298 g/mol. The third-order valence-corrected chi connectivity index (χ3v) is 4.90. The number of carboxylic acids is 1. The van der Waals surface area contributed by atoms with Gasteiger partial charge in [0.1, 0.15) is 0 Å². The number of nitrogens with one attached hydrogen (secondary N) is 1. The molecule has 8 heteroatoms. The molecule has 0 radical (unpaired) electrons. The van der Waals surface area contributed by atoms with Crippen molar-refractivity contribution < 1.29 is 23.1 Å². The van der Waals surface area contributed by atoms with E-state index in [0.29, 0.717) is 0 Å². The number of nitrogens with two attached hydrogens (primary N) is 1. The molecule has 1 aliphatic heterocycles. The summed E-state index contributed by atoms with van der Waals surface area (Å²) in [7, 11) is -3.16. The molecule has 1 fully saturated rings. The molecular formula is C12H14N2O5S. The molecule has 1 aromatic carbocycles. The molecule has 0 bridgehead atoms. The fraction of sp³-hybridized carbons (Fsp3) is 0.333. The molecule has 0 saturated carbocycles. The van der Waals surface area contributed by atoms with Crippen molar-refractivity contribution in [2.45, 2.75) is 6.42 Å². The maximum atomic E-state index is 12.0. The van der Waals surface area contributed by atoms with Gasteiger partial charge in [0, 0.05) is 5.69 Å². The van der Waals surface area contributed by atoms with Gasteiger partial charge in [-0.2, -0.15) is 0 Å². The third-order valence-electron chi connectivity index (χ3n) is 3.14.